The van der Waals surface area contributed by atoms with Gasteiger partial charge >= 0.3 is 0 Å². The fraction of sp³-hybridized carbons (Fsp3) is 0.667. The van der Waals surface area contributed by atoms with Crippen LogP contribution in [-0.2, 0) is 0 Å². The molecule has 21 heavy (non-hydrogen) atoms. The van der Waals surface area contributed by atoms with Crippen LogP contribution in [0, 0.1) is 0 Å². The molecule has 1 aliphatic rings. The molecular weight excluding hydrogens is 280 g/mol. The zero-order valence-electron chi connectivity index (χ0n) is 13.6. The van der Waals surface area contributed by atoms with Crippen LogP contribution in [0.3, 0.4) is 0 Å². The summed E-state index contributed by atoms with van der Waals surface area (Å²) in [4.78, 5) is 2.71. The van der Waals surface area contributed by atoms with E-state index in [1.165, 1.54) is 31.4 Å². The highest BCUT2D eigenvalue weighted by molar-refractivity contribution is 6.30. The molecule has 0 amide bonds. The first-order valence-electron chi connectivity index (χ1n) is 8.40. The lowest BCUT2D eigenvalue weighted by atomic mass is 10.0. The van der Waals surface area contributed by atoms with Gasteiger partial charge in [-0.25, -0.2) is 0 Å². The third-order valence-corrected chi connectivity index (χ3v) is 5.07. The molecule has 1 aromatic carbocycles. The van der Waals surface area contributed by atoms with Gasteiger partial charge in [0.15, 0.2) is 0 Å². The number of halogens is 1. The second-order valence-corrected chi connectivity index (χ2v) is 6.61. The van der Waals surface area contributed by atoms with Crippen LogP contribution in [0.5, 0.6) is 0 Å². The summed E-state index contributed by atoms with van der Waals surface area (Å²) in [6.07, 6.45) is 5.16. The van der Waals surface area contributed by atoms with Gasteiger partial charge in [-0.3, -0.25) is 4.90 Å². The standard InChI is InChI=1S/C18H29ClN2/c1-4-17-11-6-14(3)21(17)13-12-18(20-5-2)15-7-9-16(19)10-8-15/h7-10,14,17-18,20H,4-6,11-13H2,1-3H3. The van der Waals surface area contributed by atoms with E-state index in [0.717, 1.165) is 30.1 Å². The molecule has 0 saturated carbocycles. The van der Waals surface area contributed by atoms with Gasteiger partial charge in [0.25, 0.3) is 0 Å². The quantitative estimate of drug-likeness (QED) is 0.789. The summed E-state index contributed by atoms with van der Waals surface area (Å²) >= 11 is 6.00. The smallest absolute Gasteiger partial charge is 0.0406 e. The van der Waals surface area contributed by atoms with Crippen LogP contribution in [-0.4, -0.2) is 30.1 Å². The van der Waals surface area contributed by atoms with Crippen LogP contribution in [0.4, 0.5) is 0 Å². The summed E-state index contributed by atoms with van der Waals surface area (Å²) in [5.74, 6) is 0. The number of benzene rings is 1. The van der Waals surface area contributed by atoms with E-state index < -0.39 is 0 Å². The maximum Gasteiger partial charge on any atom is 0.0406 e. The molecule has 3 heteroatoms. The normalized spacial score (nSPS) is 24.4. The Morgan fingerprint density at radius 3 is 2.57 bits per heavy atom. The van der Waals surface area contributed by atoms with Gasteiger partial charge in [0.05, 0.1) is 0 Å². The fourth-order valence-electron chi connectivity index (χ4n) is 3.57. The number of nitrogens with one attached hydrogen (secondary N) is 1. The third kappa shape index (κ3) is 4.45. The second kappa shape index (κ2) is 8.17. The van der Waals surface area contributed by atoms with Gasteiger partial charge in [-0.15, -0.1) is 0 Å². The lowest BCUT2D eigenvalue weighted by molar-refractivity contribution is 0.188. The maximum absolute atomic E-state index is 6.00. The number of hydrogen-bond acceptors (Lipinski definition) is 2. The summed E-state index contributed by atoms with van der Waals surface area (Å²) in [6.45, 7) is 9.05. The molecule has 1 saturated heterocycles. The zero-order chi connectivity index (χ0) is 15.2. The van der Waals surface area contributed by atoms with E-state index in [-0.39, 0.29) is 0 Å². The molecule has 3 unspecified atom stereocenters. The van der Waals surface area contributed by atoms with Crippen molar-refractivity contribution in [2.45, 2.75) is 64.6 Å². The predicted octanol–water partition coefficient (Wildman–Crippen LogP) is 4.64. The molecule has 0 radical (unpaired) electrons. The Kier molecular flexibility index (Phi) is 6.53. The molecule has 3 atom stereocenters. The first-order chi connectivity index (χ1) is 10.2. The van der Waals surface area contributed by atoms with E-state index in [0.29, 0.717) is 6.04 Å². The van der Waals surface area contributed by atoms with Crippen LogP contribution >= 0.6 is 11.6 Å². The summed E-state index contributed by atoms with van der Waals surface area (Å²) in [5, 5.41) is 4.43. The molecule has 1 aliphatic heterocycles. The van der Waals surface area contributed by atoms with Crippen molar-refractivity contribution in [2.24, 2.45) is 0 Å². The molecule has 0 spiro atoms. The average molecular weight is 309 g/mol. The van der Waals surface area contributed by atoms with Crippen molar-refractivity contribution in [3.63, 3.8) is 0 Å². The Hall–Kier alpha value is -0.570. The minimum Gasteiger partial charge on any atom is -0.310 e. The molecule has 1 fully saturated rings. The monoisotopic (exact) mass is 308 g/mol. The summed E-state index contributed by atoms with van der Waals surface area (Å²) < 4.78 is 0. The Balaban J connectivity index is 1.98. The molecular formula is C18H29ClN2. The Morgan fingerprint density at radius 1 is 1.24 bits per heavy atom. The highest BCUT2D eigenvalue weighted by Gasteiger charge is 2.29. The van der Waals surface area contributed by atoms with Gasteiger partial charge < -0.3 is 5.32 Å². The minimum absolute atomic E-state index is 0.428. The molecule has 1 N–H and O–H groups in total. The van der Waals surface area contributed by atoms with Gasteiger partial charge in [0.1, 0.15) is 0 Å². The van der Waals surface area contributed by atoms with Crippen LogP contribution in [0.25, 0.3) is 0 Å². The van der Waals surface area contributed by atoms with E-state index in [4.69, 9.17) is 11.6 Å². The fourth-order valence-corrected chi connectivity index (χ4v) is 3.70. The molecule has 1 aromatic rings. The van der Waals surface area contributed by atoms with Crippen molar-refractivity contribution in [1.29, 1.82) is 0 Å². The van der Waals surface area contributed by atoms with Crippen molar-refractivity contribution < 1.29 is 0 Å². The molecule has 0 aromatic heterocycles. The van der Waals surface area contributed by atoms with E-state index in [1.54, 1.807) is 0 Å². The van der Waals surface area contributed by atoms with Crippen molar-refractivity contribution >= 4 is 11.6 Å². The van der Waals surface area contributed by atoms with Crippen molar-refractivity contribution in [1.82, 2.24) is 10.2 Å². The molecule has 1 heterocycles. The van der Waals surface area contributed by atoms with E-state index >= 15 is 0 Å². The molecule has 0 aliphatic carbocycles. The average Bonchev–Trinajstić information content (AvgIpc) is 2.85. The number of hydrogen-bond donors (Lipinski definition) is 1. The summed E-state index contributed by atoms with van der Waals surface area (Å²) in [5.41, 5.74) is 1.35. The summed E-state index contributed by atoms with van der Waals surface area (Å²) in [6, 6.07) is 10.2. The Bertz CT molecular complexity index is 418. The first kappa shape index (κ1) is 16.8. The molecule has 2 rings (SSSR count). The van der Waals surface area contributed by atoms with Crippen LogP contribution in [0.1, 0.15) is 58.1 Å². The third-order valence-electron chi connectivity index (χ3n) is 4.82. The second-order valence-electron chi connectivity index (χ2n) is 6.18. The number of rotatable bonds is 7. The van der Waals surface area contributed by atoms with Crippen LogP contribution in [0.15, 0.2) is 24.3 Å². The molecule has 2 nitrogen and oxygen atoms in total. The first-order valence-corrected chi connectivity index (χ1v) is 8.78. The van der Waals surface area contributed by atoms with Crippen molar-refractivity contribution in [3.8, 4) is 0 Å². The van der Waals surface area contributed by atoms with E-state index in [9.17, 15) is 0 Å². The summed E-state index contributed by atoms with van der Waals surface area (Å²) in [7, 11) is 0. The van der Waals surface area contributed by atoms with Gasteiger partial charge in [0, 0.05) is 29.7 Å². The Labute approximate surface area is 134 Å². The zero-order valence-corrected chi connectivity index (χ0v) is 14.4. The predicted molar refractivity (Wildman–Crippen MR) is 92.0 cm³/mol. The van der Waals surface area contributed by atoms with E-state index in [1.807, 2.05) is 12.1 Å². The number of likely N-dealkylation sites (tertiary alicyclic amines) is 1. The minimum atomic E-state index is 0.428. The van der Waals surface area contributed by atoms with Crippen molar-refractivity contribution in [2.75, 3.05) is 13.1 Å². The topological polar surface area (TPSA) is 15.3 Å². The Morgan fingerprint density at radius 2 is 1.95 bits per heavy atom. The van der Waals surface area contributed by atoms with Gasteiger partial charge in [-0.05, 0) is 56.8 Å². The van der Waals surface area contributed by atoms with Crippen LogP contribution in [0.2, 0.25) is 5.02 Å². The largest absolute Gasteiger partial charge is 0.310 e. The molecule has 118 valence electrons. The highest BCUT2D eigenvalue weighted by atomic mass is 35.5. The molecule has 0 bridgehead atoms. The van der Waals surface area contributed by atoms with Gasteiger partial charge in [0.2, 0.25) is 0 Å². The van der Waals surface area contributed by atoms with Crippen molar-refractivity contribution in [3.05, 3.63) is 34.9 Å². The SMILES string of the molecule is CCNC(CCN1C(C)CCC1CC)c1ccc(Cl)cc1. The van der Waals surface area contributed by atoms with Gasteiger partial charge in [-0.2, -0.15) is 0 Å². The lowest BCUT2D eigenvalue weighted by Crippen LogP contribution is -2.37. The van der Waals surface area contributed by atoms with Crippen LogP contribution < -0.4 is 5.32 Å². The highest BCUT2D eigenvalue weighted by Crippen LogP contribution is 2.28. The van der Waals surface area contributed by atoms with Gasteiger partial charge in [-0.1, -0.05) is 37.6 Å². The maximum atomic E-state index is 6.00. The lowest BCUT2D eigenvalue weighted by Gasteiger charge is -2.30. The number of nitrogens with zero attached hydrogens (tertiary/aromatic N) is 1. The van der Waals surface area contributed by atoms with E-state index in [2.05, 4.69) is 43.1 Å².